The molecule has 0 unspecified atom stereocenters. The van der Waals surface area contributed by atoms with Crippen molar-refractivity contribution < 1.29 is 13.2 Å². The molecule has 0 fully saturated rings. The third-order valence-corrected chi connectivity index (χ3v) is 7.30. The van der Waals surface area contributed by atoms with E-state index in [0.717, 1.165) is 22.3 Å². The Kier molecular flexibility index (Phi) is 5.12. The summed E-state index contributed by atoms with van der Waals surface area (Å²) in [7, 11) is -3.83. The molecule has 1 amide bonds. The summed E-state index contributed by atoms with van der Waals surface area (Å²) in [5.74, 6) is -0.346. The normalized spacial score (nSPS) is 15.1. The Bertz CT molecular complexity index is 1230. The second kappa shape index (κ2) is 7.61. The zero-order valence-electron chi connectivity index (χ0n) is 17.2. The van der Waals surface area contributed by atoms with Crippen molar-refractivity contribution in [3.63, 3.8) is 0 Å². The summed E-state index contributed by atoms with van der Waals surface area (Å²) in [5.41, 5.74) is 5.20. The Labute approximate surface area is 177 Å². The quantitative estimate of drug-likeness (QED) is 0.682. The Morgan fingerprint density at radius 1 is 0.967 bits per heavy atom. The van der Waals surface area contributed by atoms with Crippen LogP contribution in [-0.2, 0) is 14.8 Å². The van der Waals surface area contributed by atoms with Gasteiger partial charge in [0.05, 0.1) is 16.6 Å². The van der Waals surface area contributed by atoms with Gasteiger partial charge in [-0.1, -0.05) is 60.2 Å². The van der Waals surface area contributed by atoms with E-state index in [0.29, 0.717) is 11.3 Å². The number of rotatable bonds is 4. The zero-order valence-corrected chi connectivity index (χ0v) is 18.0. The molecule has 3 aromatic rings. The summed E-state index contributed by atoms with van der Waals surface area (Å²) in [5, 5.41) is 2.96. The fourth-order valence-electron chi connectivity index (χ4n) is 3.97. The summed E-state index contributed by atoms with van der Waals surface area (Å²) >= 11 is 0. The largest absolute Gasteiger partial charge is 0.348 e. The molecular formula is C24H24N2O3S. The molecule has 6 heteroatoms. The van der Waals surface area contributed by atoms with Crippen LogP contribution in [0.5, 0.6) is 0 Å². The van der Waals surface area contributed by atoms with E-state index in [1.165, 1.54) is 4.31 Å². The van der Waals surface area contributed by atoms with Gasteiger partial charge in [-0.2, -0.15) is 0 Å². The summed E-state index contributed by atoms with van der Waals surface area (Å²) < 4.78 is 27.8. The van der Waals surface area contributed by atoms with E-state index in [1.54, 1.807) is 30.3 Å². The number of anilines is 1. The number of amides is 1. The molecule has 1 aliphatic heterocycles. The van der Waals surface area contributed by atoms with E-state index in [9.17, 15) is 13.2 Å². The molecule has 1 N–H and O–H groups in total. The number of benzene rings is 3. The summed E-state index contributed by atoms with van der Waals surface area (Å²) in [6, 6.07) is 20.0. The van der Waals surface area contributed by atoms with Crippen LogP contribution in [0.4, 0.5) is 5.69 Å². The molecule has 1 aliphatic rings. The summed E-state index contributed by atoms with van der Waals surface area (Å²) in [6.07, 6.45) is 0. The number of carbonyl (C=O) groups is 1. The monoisotopic (exact) mass is 420 g/mol. The molecule has 0 aliphatic carbocycles. The SMILES string of the molecule is Cc1ccc(C)c([C@@H](C)NC(=O)CN2c3ccccc3-c3ccccc3S2(=O)=O)c1. The lowest BCUT2D eigenvalue weighted by Crippen LogP contribution is -2.43. The number of hydrogen-bond acceptors (Lipinski definition) is 3. The topological polar surface area (TPSA) is 66.5 Å². The van der Waals surface area contributed by atoms with Gasteiger partial charge in [-0.05, 0) is 44.0 Å². The van der Waals surface area contributed by atoms with E-state index in [2.05, 4.69) is 5.32 Å². The van der Waals surface area contributed by atoms with Crippen molar-refractivity contribution in [3.05, 3.63) is 83.4 Å². The van der Waals surface area contributed by atoms with E-state index >= 15 is 0 Å². The van der Waals surface area contributed by atoms with Crippen molar-refractivity contribution in [1.82, 2.24) is 5.32 Å². The number of nitrogens with zero attached hydrogens (tertiary/aromatic N) is 1. The van der Waals surface area contributed by atoms with Crippen molar-refractivity contribution in [2.75, 3.05) is 10.8 Å². The summed E-state index contributed by atoms with van der Waals surface area (Å²) in [4.78, 5) is 13.1. The number of sulfonamides is 1. The molecule has 0 bridgehead atoms. The maximum absolute atomic E-state index is 13.3. The highest BCUT2D eigenvalue weighted by Crippen LogP contribution is 2.42. The van der Waals surface area contributed by atoms with E-state index in [1.807, 2.05) is 57.2 Å². The van der Waals surface area contributed by atoms with Crippen LogP contribution in [0, 0.1) is 13.8 Å². The number of para-hydroxylation sites is 1. The fourth-order valence-corrected chi connectivity index (χ4v) is 5.62. The standard InChI is InChI=1S/C24H24N2O3S/c1-16-12-13-17(2)21(14-16)18(3)25-24(27)15-26-22-10-6-4-8-19(22)20-9-5-7-11-23(20)30(26,28)29/h4-14,18H,15H2,1-3H3,(H,25,27)/t18-/m1/s1. The van der Waals surface area contributed by atoms with Gasteiger partial charge in [0, 0.05) is 11.1 Å². The highest BCUT2D eigenvalue weighted by molar-refractivity contribution is 7.93. The van der Waals surface area contributed by atoms with E-state index in [-0.39, 0.29) is 23.4 Å². The van der Waals surface area contributed by atoms with Crippen LogP contribution >= 0.6 is 0 Å². The molecule has 4 rings (SSSR count). The minimum Gasteiger partial charge on any atom is -0.348 e. The molecule has 154 valence electrons. The molecule has 1 heterocycles. The van der Waals surface area contributed by atoms with E-state index in [4.69, 9.17) is 0 Å². The Morgan fingerprint density at radius 3 is 2.40 bits per heavy atom. The first kappa shape index (κ1) is 20.2. The average molecular weight is 421 g/mol. The fraction of sp³-hybridized carbons (Fsp3) is 0.208. The number of nitrogens with one attached hydrogen (secondary N) is 1. The van der Waals surface area contributed by atoms with Crippen LogP contribution < -0.4 is 9.62 Å². The molecule has 0 saturated heterocycles. The van der Waals surface area contributed by atoms with Crippen molar-refractivity contribution in [2.45, 2.75) is 31.7 Å². The first-order valence-corrected chi connectivity index (χ1v) is 11.3. The Morgan fingerprint density at radius 2 is 1.63 bits per heavy atom. The lowest BCUT2D eigenvalue weighted by Gasteiger charge is -2.32. The maximum atomic E-state index is 13.3. The molecular weight excluding hydrogens is 396 g/mol. The average Bonchev–Trinajstić information content (AvgIpc) is 2.73. The predicted molar refractivity (Wildman–Crippen MR) is 119 cm³/mol. The number of fused-ring (bicyclic) bond motifs is 3. The van der Waals surface area contributed by atoms with Crippen LogP contribution in [0.25, 0.3) is 11.1 Å². The molecule has 1 atom stereocenters. The lowest BCUT2D eigenvalue weighted by molar-refractivity contribution is -0.120. The molecule has 0 saturated carbocycles. The van der Waals surface area contributed by atoms with Gasteiger partial charge in [0.2, 0.25) is 5.91 Å². The van der Waals surface area contributed by atoms with Gasteiger partial charge >= 0.3 is 0 Å². The minimum absolute atomic E-state index is 0.221. The first-order valence-electron chi connectivity index (χ1n) is 9.86. The maximum Gasteiger partial charge on any atom is 0.265 e. The minimum atomic E-state index is -3.83. The van der Waals surface area contributed by atoms with Gasteiger partial charge < -0.3 is 5.32 Å². The van der Waals surface area contributed by atoms with Gasteiger partial charge in [0.1, 0.15) is 6.54 Å². The molecule has 30 heavy (non-hydrogen) atoms. The summed E-state index contributed by atoms with van der Waals surface area (Å²) in [6.45, 7) is 5.64. The number of hydrogen-bond donors (Lipinski definition) is 1. The highest BCUT2D eigenvalue weighted by Gasteiger charge is 2.35. The second-order valence-electron chi connectivity index (χ2n) is 7.67. The van der Waals surface area contributed by atoms with Crippen LogP contribution in [-0.4, -0.2) is 20.9 Å². The smallest absolute Gasteiger partial charge is 0.265 e. The van der Waals surface area contributed by atoms with Gasteiger partial charge in [-0.15, -0.1) is 0 Å². The third-order valence-electron chi connectivity index (χ3n) is 5.48. The second-order valence-corrected chi connectivity index (χ2v) is 9.50. The van der Waals surface area contributed by atoms with Gasteiger partial charge in [-0.25, -0.2) is 8.42 Å². The van der Waals surface area contributed by atoms with Crippen molar-refractivity contribution >= 4 is 21.6 Å². The van der Waals surface area contributed by atoms with E-state index < -0.39 is 10.0 Å². The lowest BCUT2D eigenvalue weighted by atomic mass is 10.00. The Balaban J connectivity index is 1.64. The van der Waals surface area contributed by atoms with Gasteiger partial charge in [0.25, 0.3) is 10.0 Å². The van der Waals surface area contributed by atoms with Crippen molar-refractivity contribution in [3.8, 4) is 11.1 Å². The third kappa shape index (κ3) is 3.48. The van der Waals surface area contributed by atoms with Crippen LogP contribution in [0.3, 0.4) is 0 Å². The predicted octanol–water partition coefficient (Wildman–Crippen LogP) is 4.36. The van der Waals surface area contributed by atoms with Crippen LogP contribution in [0.15, 0.2) is 71.6 Å². The molecule has 3 aromatic carbocycles. The van der Waals surface area contributed by atoms with Crippen LogP contribution in [0.2, 0.25) is 0 Å². The molecule has 0 radical (unpaired) electrons. The van der Waals surface area contributed by atoms with Crippen molar-refractivity contribution in [1.29, 1.82) is 0 Å². The van der Waals surface area contributed by atoms with Gasteiger partial charge in [-0.3, -0.25) is 9.10 Å². The number of aryl methyl sites for hydroxylation is 2. The Hall–Kier alpha value is -3.12. The molecule has 0 spiro atoms. The number of carbonyl (C=O) groups excluding carboxylic acids is 1. The van der Waals surface area contributed by atoms with Crippen molar-refractivity contribution in [2.24, 2.45) is 0 Å². The van der Waals surface area contributed by atoms with Gasteiger partial charge in [0.15, 0.2) is 0 Å². The molecule has 0 aromatic heterocycles. The van der Waals surface area contributed by atoms with Crippen LogP contribution in [0.1, 0.15) is 29.7 Å². The zero-order chi connectivity index (χ0) is 21.5. The first-order chi connectivity index (χ1) is 14.3. The highest BCUT2D eigenvalue weighted by atomic mass is 32.2. The molecule has 5 nitrogen and oxygen atoms in total.